The van der Waals surface area contributed by atoms with Crippen LogP contribution in [-0.4, -0.2) is 53.1 Å². The van der Waals surface area contributed by atoms with E-state index in [1.165, 1.54) is 6.07 Å². The number of hydrogen-bond donors (Lipinski definition) is 0. The largest absolute Gasteiger partial charge is 0.376 e. The van der Waals surface area contributed by atoms with Crippen LogP contribution in [0.4, 0.5) is 14.9 Å². The third-order valence-electron chi connectivity index (χ3n) is 5.27. The molecule has 0 spiro atoms. The first-order valence-electron chi connectivity index (χ1n) is 9.12. The van der Waals surface area contributed by atoms with Gasteiger partial charge < -0.3 is 9.64 Å². The predicted molar refractivity (Wildman–Crippen MR) is 99.7 cm³/mol. The summed E-state index contributed by atoms with van der Waals surface area (Å²) in [7, 11) is 0. The summed E-state index contributed by atoms with van der Waals surface area (Å²) in [6, 6.07) is 12.2. The Hall–Kier alpha value is -2.93. The summed E-state index contributed by atoms with van der Waals surface area (Å²) in [4.78, 5) is 16.5. The van der Waals surface area contributed by atoms with E-state index in [4.69, 9.17) is 4.74 Å². The van der Waals surface area contributed by atoms with Crippen molar-refractivity contribution in [3.8, 4) is 5.69 Å². The van der Waals surface area contributed by atoms with Gasteiger partial charge in [-0.1, -0.05) is 18.2 Å². The SMILES string of the molecule is O=C1N(C[C@H]2CCO2)CCN1c1cccc2c1cnn2-c1ccccc1F. The lowest BCUT2D eigenvalue weighted by Gasteiger charge is -2.30. The van der Waals surface area contributed by atoms with Gasteiger partial charge in [-0.05, 0) is 30.7 Å². The molecule has 0 radical (unpaired) electrons. The van der Waals surface area contributed by atoms with Crippen molar-refractivity contribution in [2.75, 3.05) is 31.1 Å². The first kappa shape index (κ1) is 16.3. The van der Waals surface area contributed by atoms with E-state index in [2.05, 4.69) is 5.10 Å². The lowest BCUT2D eigenvalue weighted by Crippen LogP contribution is -2.42. The average molecular weight is 366 g/mol. The number of anilines is 1. The smallest absolute Gasteiger partial charge is 0.324 e. The van der Waals surface area contributed by atoms with E-state index in [0.29, 0.717) is 25.3 Å². The minimum Gasteiger partial charge on any atom is -0.376 e. The number of hydrogen-bond acceptors (Lipinski definition) is 3. The Morgan fingerprint density at radius 2 is 1.93 bits per heavy atom. The Bertz CT molecular complexity index is 1010. The number of rotatable bonds is 4. The summed E-state index contributed by atoms with van der Waals surface area (Å²) in [5, 5.41) is 5.21. The molecule has 2 amide bonds. The van der Waals surface area contributed by atoms with Crippen molar-refractivity contribution < 1.29 is 13.9 Å². The molecule has 0 aliphatic carbocycles. The fourth-order valence-corrected chi connectivity index (χ4v) is 3.74. The van der Waals surface area contributed by atoms with E-state index in [-0.39, 0.29) is 18.0 Å². The quantitative estimate of drug-likeness (QED) is 0.713. The Morgan fingerprint density at radius 3 is 2.70 bits per heavy atom. The average Bonchev–Trinajstić information content (AvgIpc) is 3.22. The number of ether oxygens (including phenoxy) is 1. The van der Waals surface area contributed by atoms with Crippen LogP contribution in [-0.2, 0) is 4.74 Å². The summed E-state index contributed by atoms with van der Waals surface area (Å²) in [5.74, 6) is -0.336. The third kappa shape index (κ3) is 2.66. The van der Waals surface area contributed by atoms with Crippen LogP contribution in [0.5, 0.6) is 0 Å². The van der Waals surface area contributed by atoms with Gasteiger partial charge in [-0.2, -0.15) is 5.10 Å². The van der Waals surface area contributed by atoms with Gasteiger partial charge in [0, 0.05) is 31.6 Å². The van der Waals surface area contributed by atoms with Crippen LogP contribution in [0, 0.1) is 5.82 Å². The Morgan fingerprint density at radius 1 is 1.11 bits per heavy atom. The number of amides is 2. The zero-order valence-corrected chi connectivity index (χ0v) is 14.7. The van der Waals surface area contributed by atoms with Crippen molar-refractivity contribution in [3.05, 3.63) is 54.5 Å². The molecular formula is C20H19FN4O2. The highest BCUT2D eigenvalue weighted by Gasteiger charge is 2.33. The minimum atomic E-state index is -0.336. The van der Waals surface area contributed by atoms with Gasteiger partial charge in [0.05, 0.1) is 23.5 Å². The second kappa shape index (κ2) is 6.35. The summed E-state index contributed by atoms with van der Waals surface area (Å²) >= 11 is 0. The molecule has 0 saturated carbocycles. The number of nitrogens with zero attached hydrogens (tertiary/aromatic N) is 4. The molecule has 0 N–H and O–H groups in total. The normalized spacial score (nSPS) is 19.7. The van der Waals surface area contributed by atoms with Gasteiger partial charge in [0.25, 0.3) is 0 Å². The van der Waals surface area contributed by atoms with Crippen LogP contribution in [0.2, 0.25) is 0 Å². The van der Waals surface area contributed by atoms with Crippen LogP contribution >= 0.6 is 0 Å². The molecule has 27 heavy (non-hydrogen) atoms. The zero-order valence-electron chi connectivity index (χ0n) is 14.7. The van der Waals surface area contributed by atoms with E-state index < -0.39 is 0 Å². The van der Waals surface area contributed by atoms with Crippen molar-refractivity contribution in [2.24, 2.45) is 0 Å². The van der Waals surface area contributed by atoms with Crippen LogP contribution in [0.1, 0.15) is 6.42 Å². The number of carbonyl (C=O) groups is 1. The summed E-state index contributed by atoms with van der Waals surface area (Å²) in [6.45, 7) is 2.72. The highest BCUT2D eigenvalue weighted by Crippen LogP contribution is 2.31. The van der Waals surface area contributed by atoms with E-state index in [1.54, 1.807) is 34.0 Å². The lowest BCUT2D eigenvalue weighted by molar-refractivity contribution is -0.0595. The van der Waals surface area contributed by atoms with E-state index in [9.17, 15) is 9.18 Å². The van der Waals surface area contributed by atoms with E-state index in [0.717, 1.165) is 29.6 Å². The van der Waals surface area contributed by atoms with E-state index >= 15 is 0 Å². The number of fused-ring (bicyclic) bond motifs is 1. The van der Waals surface area contributed by atoms with Gasteiger partial charge in [-0.15, -0.1) is 0 Å². The number of urea groups is 1. The standard InChI is InChI=1S/C20H19FN4O2/c21-16-4-1-2-5-19(16)25-18-7-3-6-17(15(18)12-22-25)24-10-9-23(20(24)26)13-14-8-11-27-14/h1-7,12,14H,8-11,13H2/t14-/m1/s1. The molecule has 3 heterocycles. The molecule has 2 aliphatic heterocycles. The molecule has 138 valence electrons. The second-order valence-electron chi connectivity index (χ2n) is 6.88. The van der Waals surface area contributed by atoms with Crippen molar-refractivity contribution >= 4 is 22.6 Å². The van der Waals surface area contributed by atoms with Gasteiger partial charge in [0.15, 0.2) is 0 Å². The predicted octanol–water partition coefficient (Wildman–Crippen LogP) is 3.20. The molecule has 2 aliphatic rings. The fourth-order valence-electron chi connectivity index (χ4n) is 3.74. The van der Waals surface area contributed by atoms with Crippen LogP contribution in [0.3, 0.4) is 0 Å². The molecule has 1 aromatic heterocycles. The van der Waals surface area contributed by atoms with E-state index in [1.807, 2.05) is 23.1 Å². The van der Waals surface area contributed by atoms with Crippen LogP contribution < -0.4 is 4.90 Å². The maximum absolute atomic E-state index is 14.2. The molecule has 2 aromatic carbocycles. The zero-order chi connectivity index (χ0) is 18.4. The number of halogens is 1. The van der Waals surface area contributed by atoms with Crippen molar-refractivity contribution in [2.45, 2.75) is 12.5 Å². The van der Waals surface area contributed by atoms with Crippen molar-refractivity contribution in [3.63, 3.8) is 0 Å². The molecule has 0 bridgehead atoms. The number of benzene rings is 2. The summed E-state index contributed by atoms with van der Waals surface area (Å²) in [6.07, 6.45) is 2.87. The number of carbonyl (C=O) groups excluding carboxylic acids is 1. The molecule has 3 aromatic rings. The van der Waals surface area contributed by atoms with Gasteiger partial charge in [-0.3, -0.25) is 4.90 Å². The molecule has 2 fully saturated rings. The Labute approximate surface area is 155 Å². The number of para-hydroxylation sites is 1. The molecule has 5 rings (SSSR count). The molecular weight excluding hydrogens is 347 g/mol. The van der Waals surface area contributed by atoms with Gasteiger partial charge in [0.1, 0.15) is 11.5 Å². The maximum Gasteiger partial charge on any atom is 0.324 e. The minimum absolute atomic E-state index is 0.0170. The second-order valence-corrected chi connectivity index (χ2v) is 6.88. The number of aromatic nitrogens is 2. The molecule has 0 unspecified atom stereocenters. The first-order valence-corrected chi connectivity index (χ1v) is 9.12. The fraction of sp³-hybridized carbons (Fsp3) is 0.300. The van der Waals surface area contributed by atoms with Gasteiger partial charge in [-0.25, -0.2) is 13.9 Å². The highest BCUT2D eigenvalue weighted by atomic mass is 19.1. The molecule has 1 atom stereocenters. The van der Waals surface area contributed by atoms with Crippen molar-refractivity contribution in [1.82, 2.24) is 14.7 Å². The van der Waals surface area contributed by atoms with Crippen LogP contribution in [0.25, 0.3) is 16.6 Å². The van der Waals surface area contributed by atoms with Gasteiger partial charge >= 0.3 is 6.03 Å². The lowest BCUT2D eigenvalue weighted by atomic mass is 10.2. The molecule has 7 heteroatoms. The molecule has 2 saturated heterocycles. The Balaban J connectivity index is 1.50. The topological polar surface area (TPSA) is 50.6 Å². The summed E-state index contributed by atoms with van der Waals surface area (Å²) in [5.41, 5.74) is 1.96. The Kier molecular flexibility index (Phi) is 3.82. The van der Waals surface area contributed by atoms with Gasteiger partial charge in [0.2, 0.25) is 0 Å². The molecule has 6 nitrogen and oxygen atoms in total. The maximum atomic E-state index is 14.2. The monoisotopic (exact) mass is 366 g/mol. The third-order valence-corrected chi connectivity index (χ3v) is 5.27. The summed E-state index contributed by atoms with van der Waals surface area (Å²) < 4.78 is 21.2. The first-order chi connectivity index (χ1) is 13.2. The van der Waals surface area contributed by atoms with Crippen molar-refractivity contribution in [1.29, 1.82) is 0 Å². The van der Waals surface area contributed by atoms with Crippen LogP contribution in [0.15, 0.2) is 48.7 Å². The highest BCUT2D eigenvalue weighted by molar-refractivity contribution is 6.03.